The largest absolute Gasteiger partial charge is 0.496 e. The standard InChI is InChI=1S/C28H38N3O4/c1-19-28(31(2,17-20-9-10-20)22-11-13-35-14-12-22)24-8-6-7-23(30(24)29-19)27-25(33-4)15-21(18-32-3)16-26(27)34-5/h6-8,15-16,20,22H,9-14,17-18H2,1-5H3/q+1. The second-order valence-corrected chi connectivity index (χ2v) is 10.2. The highest BCUT2D eigenvalue weighted by atomic mass is 16.5. The zero-order valence-corrected chi connectivity index (χ0v) is 21.7. The molecule has 1 saturated heterocycles. The molecular weight excluding hydrogens is 442 g/mol. The predicted molar refractivity (Wildman–Crippen MR) is 138 cm³/mol. The van der Waals surface area contributed by atoms with Gasteiger partial charge in [0.25, 0.3) is 0 Å². The summed E-state index contributed by atoms with van der Waals surface area (Å²) in [5.74, 6) is 2.30. The summed E-state index contributed by atoms with van der Waals surface area (Å²) >= 11 is 0. The lowest BCUT2D eigenvalue weighted by Crippen LogP contribution is -2.57. The molecule has 3 heterocycles. The minimum Gasteiger partial charge on any atom is -0.496 e. The highest BCUT2D eigenvalue weighted by Gasteiger charge is 2.44. The van der Waals surface area contributed by atoms with Gasteiger partial charge in [0.05, 0.1) is 64.9 Å². The molecule has 0 spiro atoms. The van der Waals surface area contributed by atoms with Crippen LogP contribution in [-0.4, -0.2) is 63.8 Å². The molecule has 1 atom stereocenters. The smallest absolute Gasteiger partial charge is 0.182 e. The maximum Gasteiger partial charge on any atom is 0.182 e. The Morgan fingerprint density at radius 2 is 1.71 bits per heavy atom. The van der Waals surface area contributed by atoms with Gasteiger partial charge in [-0.05, 0) is 49.6 Å². The summed E-state index contributed by atoms with van der Waals surface area (Å²) in [7, 11) is 7.51. The van der Waals surface area contributed by atoms with Crippen LogP contribution in [0.2, 0.25) is 0 Å². The molecule has 1 aliphatic heterocycles. The quantitative estimate of drug-likeness (QED) is 0.404. The second kappa shape index (κ2) is 9.80. The van der Waals surface area contributed by atoms with Crippen molar-refractivity contribution in [1.82, 2.24) is 14.1 Å². The summed E-state index contributed by atoms with van der Waals surface area (Å²) in [6.07, 6.45) is 4.84. The number of pyridine rings is 1. The van der Waals surface area contributed by atoms with E-state index in [0.29, 0.717) is 12.6 Å². The normalized spacial score (nSPS) is 18.5. The molecule has 0 amide bonds. The Kier molecular flexibility index (Phi) is 6.75. The Balaban J connectivity index is 1.69. The molecule has 5 rings (SSSR count). The van der Waals surface area contributed by atoms with Crippen LogP contribution in [0.15, 0.2) is 30.3 Å². The molecule has 0 radical (unpaired) electrons. The fraction of sp³-hybridized carbons (Fsp3) is 0.536. The minimum atomic E-state index is 0.490. The number of nitrogens with zero attached hydrogens (tertiary/aromatic N) is 3. The molecule has 2 aliphatic rings. The summed E-state index contributed by atoms with van der Waals surface area (Å²) in [4.78, 5) is 0. The fourth-order valence-corrected chi connectivity index (χ4v) is 5.97. The number of aryl methyl sites for hydroxylation is 1. The van der Waals surface area contributed by atoms with E-state index in [-0.39, 0.29) is 0 Å². The number of quaternary nitrogens is 1. The first-order valence-electron chi connectivity index (χ1n) is 12.7. The number of hydrogen-bond donors (Lipinski definition) is 0. The number of methoxy groups -OCH3 is 3. The molecule has 7 heteroatoms. The van der Waals surface area contributed by atoms with E-state index in [1.54, 1.807) is 21.3 Å². The molecule has 0 N–H and O–H groups in total. The highest BCUT2D eigenvalue weighted by Crippen LogP contribution is 2.44. The molecule has 35 heavy (non-hydrogen) atoms. The number of aromatic nitrogens is 2. The highest BCUT2D eigenvalue weighted by molar-refractivity contribution is 5.81. The number of rotatable bonds is 9. The van der Waals surface area contributed by atoms with Crippen LogP contribution in [0.3, 0.4) is 0 Å². The third kappa shape index (κ3) is 4.41. The summed E-state index contributed by atoms with van der Waals surface area (Å²) in [5, 5.41) is 5.12. The Bertz CT molecular complexity index is 1170. The van der Waals surface area contributed by atoms with Crippen molar-refractivity contribution in [1.29, 1.82) is 0 Å². The van der Waals surface area contributed by atoms with E-state index in [9.17, 15) is 0 Å². The van der Waals surface area contributed by atoms with Crippen LogP contribution in [0.1, 0.15) is 36.9 Å². The van der Waals surface area contributed by atoms with Crippen LogP contribution < -0.4 is 14.0 Å². The van der Waals surface area contributed by atoms with Gasteiger partial charge in [-0.15, -0.1) is 0 Å². The van der Waals surface area contributed by atoms with Crippen molar-refractivity contribution in [2.24, 2.45) is 5.92 Å². The van der Waals surface area contributed by atoms with Gasteiger partial charge >= 0.3 is 0 Å². The average molecular weight is 481 g/mol. The van der Waals surface area contributed by atoms with Crippen LogP contribution >= 0.6 is 0 Å². The molecule has 2 aromatic heterocycles. The Hall–Kier alpha value is -2.61. The Labute approximate surface area is 208 Å². The first-order valence-corrected chi connectivity index (χ1v) is 12.7. The number of benzene rings is 1. The van der Waals surface area contributed by atoms with Crippen molar-refractivity contribution in [3.05, 3.63) is 41.6 Å². The SMILES string of the molecule is COCc1cc(OC)c(-c2cccc3c([N+](C)(CC4CC4)C4CCOCC4)c(C)nn23)c(OC)c1. The van der Waals surface area contributed by atoms with Crippen molar-refractivity contribution in [2.75, 3.05) is 48.1 Å². The predicted octanol–water partition coefficient (Wildman–Crippen LogP) is 5.00. The van der Waals surface area contributed by atoms with Crippen LogP contribution in [-0.2, 0) is 16.1 Å². The molecule has 188 valence electrons. The van der Waals surface area contributed by atoms with E-state index in [2.05, 4.69) is 36.7 Å². The minimum absolute atomic E-state index is 0.490. The first-order chi connectivity index (χ1) is 17.0. The van der Waals surface area contributed by atoms with Crippen molar-refractivity contribution >= 4 is 11.2 Å². The summed E-state index contributed by atoms with van der Waals surface area (Å²) in [6.45, 7) is 5.49. The van der Waals surface area contributed by atoms with Crippen LogP contribution in [0, 0.1) is 12.8 Å². The van der Waals surface area contributed by atoms with Gasteiger partial charge in [-0.3, -0.25) is 4.48 Å². The van der Waals surface area contributed by atoms with Gasteiger partial charge in [-0.1, -0.05) is 6.07 Å². The molecule has 1 unspecified atom stereocenters. The van der Waals surface area contributed by atoms with E-state index in [1.807, 2.05) is 12.1 Å². The van der Waals surface area contributed by atoms with Gasteiger partial charge in [0, 0.05) is 25.9 Å². The van der Waals surface area contributed by atoms with Crippen LogP contribution in [0.5, 0.6) is 11.5 Å². The molecular formula is C28H38N3O4+. The maximum atomic E-state index is 5.84. The zero-order chi connectivity index (χ0) is 24.6. The number of hydrogen-bond acceptors (Lipinski definition) is 5. The topological polar surface area (TPSA) is 54.2 Å². The summed E-state index contributed by atoms with van der Waals surface area (Å²) in [5.41, 5.74) is 6.43. The third-order valence-corrected chi connectivity index (χ3v) is 7.77. The summed E-state index contributed by atoms with van der Waals surface area (Å²) in [6, 6.07) is 11.0. The van der Waals surface area contributed by atoms with Crippen molar-refractivity contribution in [3.8, 4) is 22.8 Å². The van der Waals surface area contributed by atoms with E-state index in [0.717, 1.165) is 82.5 Å². The average Bonchev–Trinajstić information content (AvgIpc) is 3.61. The summed E-state index contributed by atoms with van der Waals surface area (Å²) < 4.78 is 25.8. The first kappa shape index (κ1) is 24.1. The van der Waals surface area contributed by atoms with Gasteiger partial charge in [0.2, 0.25) is 0 Å². The number of fused-ring (bicyclic) bond motifs is 1. The van der Waals surface area contributed by atoms with Crippen molar-refractivity contribution in [2.45, 2.75) is 45.3 Å². The molecule has 1 aliphatic carbocycles. The Morgan fingerprint density at radius 1 is 1.03 bits per heavy atom. The molecule has 2 fully saturated rings. The van der Waals surface area contributed by atoms with Gasteiger partial charge in [0.1, 0.15) is 22.7 Å². The lowest BCUT2D eigenvalue weighted by atomic mass is 10.0. The fourth-order valence-electron chi connectivity index (χ4n) is 5.97. The van der Waals surface area contributed by atoms with Gasteiger partial charge in [-0.2, -0.15) is 5.10 Å². The molecule has 1 saturated carbocycles. The third-order valence-electron chi connectivity index (χ3n) is 7.77. The van der Waals surface area contributed by atoms with E-state index in [1.165, 1.54) is 18.5 Å². The van der Waals surface area contributed by atoms with E-state index >= 15 is 0 Å². The molecule has 7 nitrogen and oxygen atoms in total. The van der Waals surface area contributed by atoms with E-state index in [4.69, 9.17) is 24.0 Å². The molecule has 1 aromatic carbocycles. The van der Waals surface area contributed by atoms with Gasteiger partial charge in [-0.25, -0.2) is 4.52 Å². The lowest BCUT2D eigenvalue weighted by molar-refractivity contribution is 0.0436. The lowest BCUT2D eigenvalue weighted by Gasteiger charge is -2.43. The monoisotopic (exact) mass is 480 g/mol. The van der Waals surface area contributed by atoms with Gasteiger partial charge < -0.3 is 18.9 Å². The molecule has 0 bridgehead atoms. The molecule has 3 aromatic rings. The zero-order valence-electron chi connectivity index (χ0n) is 21.7. The Morgan fingerprint density at radius 3 is 2.31 bits per heavy atom. The van der Waals surface area contributed by atoms with Crippen molar-refractivity contribution in [3.63, 3.8) is 0 Å². The second-order valence-electron chi connectivity index (χ2n) is 10.2. The maximum absolute atomic E-state index is 5.84. The van der Waals surface area contributed by atoms with Gasteiger partial charge in [0.15, 0.2) is 5.69 Å². The van der Waals surface area contributed by atoms with Crippen LogP contribution in [0.4, 0.5) is 5.69 Å². The van der Waals surface area contributed by atoms with E-state index < -0.39 is 0 Å². The van der Waals surface area contributed by atoms with Crippen molar-refractivity contribution < 1.29 is 18.9 Å². The van der Waals surface area contributed by atoms with Crippen LogP contribution in [0.25, 0.3) is 16.8 Å². The number of ether oxygens (including phenoxy) is 4.